The first-order valence-electron chi connectivity index (χ1n) is 7.26. The summed E-state index contributed by atoms with van der Waals surface area (Å²) in [6, 6.07) is 0. The van der Waals surface area contributed by atoms with Crippen molar-refractivity contribution in [1.29, 1.82) is 0 Å². The summed E-state index contributed by atoms with van der Waals surface area (Å²) in [5.41, 5.74) is 0.489. The molecule has 0 spiro atoms. The molecule has 0 aliphatic heterocycles. The van der Waals surface area contributed by atoms with Crippen molar-refractivity contribution < 1.29 is 0 Å². The molecule has 0 aromatic rings. The van der Waals surface area contributed by atoms with E-state index in [1.807, 2.05) is 0 Å². The minimum atomic E-state index is 0.489. The molecule has 0 radical (unpaired) electrons. The molecule has 2 unspecified atom stereocenters. The van der Waals surface area contributed by atoms with Crippen molar-refractivity contribution in [1.82, 2.24) is 5.32 Å². The van der Waals surface area contributed by atoms with Gasteiger partial charge in [-0.1, -0.05) is 47.0 Å². The maximum Gasteiger partial charge on any atom is -0.00177 e. The van der Waals surface area contributed by atoms with Gasteiger partial charge in [0, 0.05) is 0 Å². The average molecular weight is 225 g/mol. The Hall–Kier alpha value is -0.0400. The molecule has 1 rings (SSSR count). The standard InChI is InChI=1S/C15H31N/c1-5-11-16-12-13-9-7-6-8-10-14(13)15(2,3)4/h13-14,16H,5-12H2,1-4H3. The normalized spacial score (nSPS) is 27.8. The van der Waals surface area contributed by atoms with Crippen LogP contribution in [0.4, 0.5) is 0 Å². The molecule has 0 heterocycles. The highest BCUT2D eigenvalue weighted by Crippen LogP contribution is 2.40. The van der Waals surface area contributed by atoms with Crippen LogP contribution in [0.5, 0.6) is 0 Å². The van der Waals surface area contributed by atoms with Crippen LogP contribution in [0.3, 0.4) is 0 Å². The fraction of sp³-hybridized carbons (Fsp3) is 1.00. The Labute approximate surface area is 102 Å². The van der Waals surface area contributed by atoms with Gasteiger partial charge in [-0.25, -0.2) is 0 Å². The van der Waals surface area contributed by atoms with Gasteiger partial charge in [-0.3, -0.25) is 0 Å². The third-order valence-electron chi connectivity index (χ3n) is 4.10. The minimum Gasteiger partial charge on any atom is -0.316 e. The Morgan fingerprint density at radius 3 is 2.38 bits per heavy atom. The first-order valence-corrected chi connectivity index (χ1v) is 7.26. The summed E-state index contributed by atoms with van der Waals surface area (Å²) in [5, 5.41) is 3.63. The predicted molar refractivity (Wildman–Crippen MR) is 72.7 cm³/mol. The smallest absolute Gasteiger partial charge is 0.00177 e. The van der Waals surface area contributed by atoms with E-state index in [2.05, 4.69) is 33.0 Å². The SMILES string of the molecule is CCCNCC1CCCCCC1C(C)(C)C. The van der Waals surface area contributed by atoms with E-state index < -0.39 is 0 Å². The van der Waals surface area contributed by atoms with Crippen molar-refractivity contribution in [3.63, 3.8) is 0 Å². The molecule has 1 N–H and O–H groups in total. The average Bonchev–Trinajstić information content (AvgIpc) is 2.42. The highest BCUT2D eigenvalue weighted by atomic mass is 14.9. The second-order valence-corrected chi connectivity index (χ2v) is 6.57. The number of hydrogen-bond acceptors (Lipinski definition) is 1. The molecule has 16 heavy (non-hydrogen) atoms. The van der Waals surface area contributed by atoms with Gasteiger partial charge in [-0.15, -0.1) is 0 Å². The maximum absolute atomic E-state index is 3.63. The van der Waals surface area contributed by atoms with Crippen molar-refractivity contribution in [2.45, 2.75) is 66.2 Å². The Morgan fingerprint density at radius 2 is 1.75 bits per heavy atom. The van der Waals surface area contributed by atoms with E-state index in [1.165, 1.54) is 51.6 Å². The minimum absolute atomic E-state index is 0.489. The van der Waals surface area contributed by atoms with Crippen LogP contribution in [-0.4, -0.2) is 13.1 Å². The highest BCUT2D eigenvalue weighted by Gasteiger charge is 2.32. The van der Waals surface area contributed by atoms with E-state index in [-0.39, 0.29) is 0 Å². The van der Waals surface area contributed by atoms with Gasteiger partial charge in [0.05, 0.1) is 0 Å². The molecular formula is C15H31N. The van der Waals surface area contributed by atoms with Gasteiger partial charge in [-0.2, -0.15) is 0 Å². The Bertz CT molecular complexity index is 180. The second-order valence-electron chi connectivity index (χ2n) is 6.57. The van der Waals surface area contributed by atoms with E-state index in [9.17, 15) is 0 Å². The van der Waals surface area contributed by atoms with E-state index in [1.54, 1.807) is 0 Å². The molecule has 0 aromatic heterocycles. The van der Waals surface area contributed by atoms with Crippen LogP contribution >= 0.6 is 0 Å². The molecule has 1 nitrogen and oxygen atoms in total. The van der Waals surface area contributed by atoms with Crippen LogP contribution < -0.4 is 5.32 Å². The van der Waals surface area contributed by atoms with Crippen LogP contribution in [0.15, 0.2) is 0 Å². The highest BCUT2D eigenvalue weighted by molar-refractivity contribution is 4.83. The summed E-state index contributed by atoms with van der Waals surface area (Å²) in [7, 11) is 0. The van der Waals surface area contributed by atoms with Gasteiger partial charge >= 0.3 is 0 Å². The van der Waals surface area contributed by atoms with Crippen LogP contribution in [0, 0.1) is 17.3 Å². The van der Waals surface area contributed by atoms with E-state index >= 15 is 0 Å². The first kappa shape index (κ1) is 14.0. The predicted octanol–water partition coefficient (Wildman–Crippen LogP) is 4.23. The van der Waals surface area contributed by atoms with Gasteiger partial charge in [0.25, 0.3) is 0 Å². The van der Waals surface area contributed by atoms with Gasteiger partial charge in [0.15, 0.2) is 0 Å². The molecular weight excluding hydrogens is 194 g/mol. The van der Waals surface area contributed by atoms with E-state index in [0.717, 1.165) is 11.8 Å². The summed E-state index contributed by atoms with van der Waals surface area (Å²) < 4.78 is 0. The number of rotatable bonds is 4. The summed E-state index contributed by atoms with van der Waals surface area (Å²) in [5.74, 6) is 1.83. The van der Waals surface area contributed by atoms with Crippen molar-refractivity contribution in [2.75, 3.05) is 13.1 Å². The van der Waals surface area contributed by atoms with Crippen molar-refractivity contribution in [2.24, 2.45) is 17.3 Å². The van der Waals surface area contributed by atoms with E-state index in [4.69, 9.17) is 0 Å². The Morgan fingerprint density at radius 1 is 1.06 bits per heavy atom. The van der Waals surface area contributed by atoms with Crippen molar-refractivity contribution >= 4 is 0 Å². The van der Waals surface area contributed by atoms with E-state index in [0.29, 0.717) is 5.41 Å². The first-order chi connectivity index (χ1) is 7.55. The fourth-order valence-corrected chi connectivity index (χ4v) is 3.23. The maximum atomic E-state index is 3.63. The molecule has 0 aromatic carbocycles. The van der Waals surface area contributed by atoms with Crippen LogP contribution in [0.2, 0.25) is 0 Å². The quantitative estimate of drug-likeness (QED) is 0.558. The van der Waals surface area contributed by atoms with Crippen LogP contribution in [0.1, 0.15) is 66.2 Å². The lowest BCUT2D eigenvalue weighted by molar-refractivity contribution is 0.144. The monoisotopic (exact) mass is 225 g/mol. The third-order valence-corrected chi connectivity index (χ3v) is 4.10. The zero-order valence-corrected chi connectivity index (χ0v) is 11.8. The zero-order chi connectivity index (χ0) is 12.0. The largest absolute Gasteiger partial charge is 0.316 e. The molecule has 1 aliphatic rings. The van der Waals surface area contributed by atoms with Gasteiger partial charge in [0.1, 0.15) is 0 Å². The van der Waals surface area contributed by atoms with Crippen LogP contribution in [-0.2, 0) is 0 Å². The molecule has 0 saturated heterocycles. The molecule has 0 bridgehead atoms. The Balaban J connectivity index is 2.52. The second kappa shape index (κ2) is 6.64. The molecule has 1 fully saturated rings. The van der Waals surface area contributed by atoms with Gasteiger partial charge in [0.2, 0.25) is 0 Å². The molecule has 1 heteroatoms. The molecule has 0 amide bonds. The Kier molecular flexibility index (Phi) is 5.82. The fourth-order valence-electron chi connectivity index (χ4n) is 3.23. The zero-order valence-electron chi connectivity index (χ0n) is 11.8. The topological polar surface area (TPSA) is 12.0 Å². The van der Waals surface area contributed by atoms with Crippen LogP contribution in [0.25, 0.3) is 0 Å². The third kappa shape index (κ3) is 4.45. The summed E-state index contributed by atoms with van der Waals surface area (Å²) in [6.07, 6.45) is 8.50. The number of nitrogens with one attached hydrogen (secondary N) is 1. The van der Waals surface area contributed by atoms with Crippen molar-refractivity contribution in [3.8, 4) is 0 Å². The lowest BCUT2D eigenvalue weighted by Crippen LogP contribution is -2.34. The van der Waals surface area contributed by atoms with Gasteiger partial charge < -0.3 is 5.32 Å². The molecule has 2 atom stereocenters. The molecule has 96 valence electrons. The lowest BCUT2D eigenvalue weighted by atomic mass is 9.70. The summed E-state index contributed by atoms with van der Waals surface area (Å²) >= 11 is 0. The summed E-state index contributed by atoms with van der Waals surface area (Å²) in [6.45, 7) is 12.0. The van der Waals surface area contributed by atoms with Gasteiger partial charge in [-0.05, 0) is 49.6 Å². The number of hydrogen-bond donors (Lipinski definition) is 1. The lowest BCUT2D eigenvalue weighted by Gasteiger charge is -2.36. The molecule has 1 saturated carbocycles. The molecule has 1 aliphatic carbocycles. The van der Waals surface area contributed by atoms with Crippen molar-refractivity contribution in [3.05, 3.63) is 0 Å². The summed E-state index contributed by atoms with van der Waals surface area (Å²) in [4.78, 5) is 0.